The third kappa shape index (κ3) is 3.13. The van der Waals surface area contributed by atoms with Gasteiger partial charge in [-0.2, -0.15) is 0 Å². The van der Waals surface area contributed by atoms with E-state index in [0.717, 1.165) is 11.8 Å². The van der Waals surface area contributed by atoms with Gasteiger partial charge in [0, 0.05) is 18.1 Å². The van der Waals surface area contributed by atoms with Crippen molar-refractivity contribution >= 4 is 22.5 Å². The molecule has 5 heteroatoms. The van der Waals surface area contributed by atoms with Crippen LogP contribution in [0.3, 0.4) is 0 Å². The highest BCUT2D eigenvalue weighted by Gasteiger charge is 2.07. The van der Waals surface area contributed by atoms with E-state index < -0.39 is 0 Å². The summed E-state index contributed by atoms with van der Waals surface area (Å²) in [6.07, 6.45) is 2.58. The molecular formula is C14H17N3O2. The Morgan fingerprint density at radius 3 is 3.05 bits per heavy atom. The minimum atomic E-state index is -0.129. The lowest BCUT2D eigenvalue weighted by Crippen LogP contribution is -2.29. The van der Waals surface area contributed by atoms with Crippen LogP contribution in [0.25, 0.3) is 10.9 Å². The number of fused-ring (bicyclic) bond motifs is 1. The van der Waals surface area contributed by atoms with E-state index in [9.17, 15) is 4.79 Å². The fraction of sp³-hybridized carbons (Fsp3) is 0.286. The first-order valence-corrected chi connectivity index (χ1v) is 6.25. The summed E-state index contributed by atoms with van der Waals surface area (Å²) in [4.78, 5) is 15.7. The van der Waals surface area contributed by atoms with Crippen molar-refractivity contribution in [3.63, 3.8) is 0 Å². The van der Waals surface area contributed by atoms with Gasteiger partial charge in [-0.1, -0.05) is 6.92 Å². The van der Waals surface area contributed by atoms with Crippen molar-refractivity contribution in [1.29, 1.82) is 0 Å². The molecule has 1 aromatic heterocycles. The predicted molar refractivity (Wildman–Crippen MR) is 75.0 cm³/mol. The fourth-order valence-corrected chi connectivity index (χ4v) is 1.75. The van der Waals surface area contributed by atoms with Crippen LogP contribution in [0.5, 0.6) is 5.75 Å². The second kappa shape index (κ2) is 6.04. The molecule has 0 unspecified atom stereocenters. The monoisotopic (exact) mass is 259 g/mol. The lowest BCUT2D eigenvalue weighted by molar-refractivity contribution is -0.123. The number of hydrogen-bond donors (Lipinski definition) is 2. The summed E-state index contributed by atoms with van der Waals surface area (Å²) in [6, 6.07) is 7.17. The van der Waals surface area contributed by atoms with E-state index in [-0.39, 0.29) is 12.5 Å². The molecule has 3 N–H and O–H groups in total. The number of hydrogen-bond acceptors (Lipinski definition) is 4. The van der Waals surface area contributed by atoms with Crippen molar-refractivity contribution in [3.05, 3.63) is 30.5 Å². The standard InChI is InChI=1S/C14H17N3O2/c1-2-7-16-13(18)9-19-12-6-5-11(15)14-10(12)4-3-8-17-14/h3-6,8H,2,7,9,15H2,1H3,(H,16,18). The summed E-state index contributed by atoms with van der Waals surface area (Å²) in [7, 11) is 0. The maximum atomic E-state index is 11.5. The van der Waals surface area contributed by atoms with Gasteiger partial charge < -0.3 is 15.8 Å². The number of nitrogens with two attached hydrogens (primary N) is 1. The van der Waals surface area contributed by atoms with Crippen molar-refractivity contribution in [2.75, 3.05) is 18.9 Å². The number of carbonyl (C=O) groups is 1. The number of nitrogens with one attached hydrogen (secondary N) is 1. The number of nitrogens with zero attached hydrogens (tertiary/aromatic N) is 1. The number of pyridine rings is 1. The fourth-order valence-electron chi connectivity index (χ4n) is 1.75. The van der Waals surface area contributed by atoms with Crippen LogP contribution in [-0.2, 0) is 4.79 Å². The van der Waals surface area contributed by atoms with Crippen LogP contribution in [-0.4, -0.2) is 24.0 Å². The summed E-state index contributed by atoms with van der Waals surface area (Å²) >= 11 is 0. The van der Waals surface area contributed by atoms with Gasteiger partial charge in [0.15, 0.2) is 6.61 Å². The van der Waals surface area contributed by atoms with Crippen molar-refractivity contribution in [1.82, 2.24) is 10.3 Å². The molecule has 100 valence electrons. The lowest BCUT2D eigenvalue weighted by Gasteiger charge is -2.10. The Balaban J connectivity index is 2.13. The van der Waals surface area contributed by atoms with Gasteiger partial charge in [0.25, 0.3) is 5.91 Å². The number of benzene rings is 1. The summed E-state index contributed by atoms with van der Waals surface area (Å²) in [5, 5.41) is 3.57. The normalized spacial score (nSPS) is 10.4. The highest BCUT2D eigenvalue weighted by Crippen LogP contribution is 2.28. The first-order chi connectivity index (χ1) is 9.22. The molecular weight excluding hydrogens is 242 g/mol. The predicted octanol–water partition coefficient (Wildman–Crippen LogP) is 1.72. The highest BCUT2D eigenvalue weighted by atomic mass is 16.5. The van der Waals surface area contributed by atoms with Crippen LogP contribution in [0.2, 0.25) is 0 Å². The zero-order valence-electron chi connectivity index (χ0n) is 10.8. The Kier molecular flexibility index (Phi) is 4.18. The number of anilines is 1. The van der Waals surface area contributed by atoms with E-state index in [1.807, 2.05) is 19.1 Å². The highest BCUT2D eigenvalue weighted by molar-refractivity contribution is 5.94. The van der Waals surface area contributed by atoms with Crippen LogP contribution in [0, 0.1) is 0 Å². The average Bonchev–Trinajstić information content (AvgIpc) is 2.45. The third-order valence-corrected chi connectivity index (χ3v) is 2.69. The molecule has 2 rings (SSSR count). The minimum absolute atomic E-state index is 0.00604. The largest absolute Gasteiger partial charge is 0.483 e. The number of aromatic nitrogens is 1. The third-order valence-electron chi connectivity index (χ3n) is 2.69. The molecule has 0 aliphatic heterocycles. The number of rotatable bonds is 5. The van der Waals surface area contributed by atoms with Gasteiger partial charge in [0.1, 0.15) is 5.75 Å². The lowest BCUT2D eigenvalue weighted by atomic mass is 10.2. The van der Waals surface area contributed by atoms with Crippen molar-refractivity contribution in [3.8, 4) is 5.75 Å². The summed E-state index contributed by atoms with van der Waals surface area (Å²) < 4.78 is 5.53. The number of nitrogen functional groups attached to an aromatic ring is 1. The van der Waals surface area contributed by atoms with Gasteiger partial charge in [-0.15, -0.1) is 0 Å². The molecule has 0 spiro atoms. The molecule has 0 aliphatic carbocycles. The Morgan fingerprint density at radius 2 is 2.26 bits per heavy atom. The number of carbonyl (C=O) groups excluding carboxylic acids is 1. The van der Waals surface area contributed by atoms with Crippen molar-refractivity contribution in [2.24, 2.45) is 0 Å². The zero-order chi connectivity index (χ0) is 13.7. The number of amides is 1. The minimum Gasteiger partial charge on any atom is -0.483 e. The van der Waals surface area contributed by atoms with E-state index >= 15 is 0 Å². The second-order valence-electron chi connectivity index (χ2n) is 4.19. The maximum absolute atomic E-state index is 11.5. The van der Waals surface area contributed by atoms with Crippen molar-refractivity contribution in [2.45, 2.75) is 13.3 Å². The van der Waals surface area contributed by atoms with Gasteiger partial charge in [0.2, 0.25) is 0 Å². The molecule has 0 saturated carbocycles. The Bertz CT molecular complexity index is 584. The molecule has 1 heterocycles. The molecule has 5 nitrogen and oxygen atoms in total. The smallest absolute Gasteiger partial charge is 0.257 e. The van der Waals surface area contributed by atoms with Gasteiger partial charge >= 0.3 is 0 Å². The molecule has 0 fully saturated rings. The Labute approximate surface area is 111 Å². The quantitative estimate of drug-likeness (QED) is 0.801. The van der Waals surface area contributed by atoms with Gasteiger partial charge in [-0.05, 0) is 30.7 Å². The van der Waals surface area contributed by atoms with Crippen LogP contribution in [0.15, 0.2) is 30.5 Å². The molecule has 1 aromatic carbocycles. The van der Waals surface area contributed by atoms with E-state index in [0.29, 0.717) is 23.5 Å². The maximum Gasteiger partial charge on any atom is 0.257 e. The first-order valence-electron chi connectivity index (χ1n) is 6.25. The van der Waals surface area contributed by atoms with Crippen LogP contribution < -0.4 is 15.8 Å². The SMILES string of the molecule is CCCNC(=O)COc1ccc(N)c2ncccc12. The van der Waals surface area contributed by atoms with Gasteiger partial charge in [-0.3, -0.25) is 9.78 Å². The topological polar surface area (TPSA) is 77.2 Å². The second-order valence-corrected chi connectivity index (χ2v) is 4.19. The summed E-state index contributed by atoms with van der Waals surface area (Å²) in [5.41, 5.74) is 7.13. The summed E-state index contributed by atoms with van der Waals surface area (Å²) in [6.45, 7) is 2.65. The van der Waals surface area contributed by atoms with Crippen LogP contribution in [0.4, 0.5) is 5.69 Å². The summed E-state index contributed by atoms with van der Waals surface area (Å²) in [5.74, 6) is 0.486. The molecule has 0 radical (unpaired) electrons. The van der Waals surface area contributed by atoms with Gasteiger partial charge in [0.05, 0.1) is 11.2 Å². The van der Waals surface area contributed by atoms with Crippen molar-refractivity contribution < 1.29 is 9.53 Å². The molecule has 1 amide bonds. The van der Waals surface area contributed by atoms with E-state index in [2.05, 4.69) is 10.3 Å². The van der Waals surface area contributed by atoms with Crippen LogP contribution in [0.1, 0.15) is 13.3 Å². The zero-order valence-corrected chi connectivity index (χ0v) is 10.8. The van der Waals surface area contributed by atoms with E-state index in [1.54, 1.807) is 18.3 Å². The number of ether oxygens (including phenoxy) is 1. The molecule has 0 atom stereocenters. The molecule has 2 aromatic rings. The van der Waals surface area contributed by atoms with Gasteiger partial charge in [-0.25, -0.2) is 0 Å². The molecule has 0 aliphatic rings. The van der Waals surface area contributed by atoms with Crippen LogP contribution >= 0.6 is 0 Å². The van der Waals surface area contributed by atoms with E-state index in [1.165, 1.54) is 0 Å². The molecule has 19 heavy (non-hydrogen) atoms. The molecule has 0 bridgehead atoms. The first kappa shape index (κ1) is 13.1. The van der Waals surface area contributed by atoms with E-state index in [4.69, 9.17) is 10.5 Å². The molecule has 0 saturated heterocycles. The Morgan fingerprint density at radius 1 is 1.42 bits per heavy atom. The Hall–Kier alpha value is -2.30. The average molecular weight is 259 g/mol.